The first-order chi connectivity index (χ1) is 20.9. The Morgan fingerprint density at radius 3 is 2.25 bits per heavy atom. The standard InChI is InChI=1S/C19H28O8.C14H12O3/c1-10-4-5-13-11(2)16(23-15(22)7-6-14(20)21)24-17-19(13)12(10)8-9-18(3,25-17)26-27-19;15-12-5-3-10(4-6-12)1-2-11-7-13(16)9-14(17)8-11/h10-13,16-17H,4-9H2,1-3H3,(H,20,21);1-9,15-17H/b;2-1+/t10-,11-,12+,13+,16+,17-,18-,19-;/m1./s1. The lowest BCUT2D eigenvalue weighted by molar-refractivity contribution is -0.576. The van der Waals surface area contributed by atoms with Gasteiger partial charge in [-0.15, -0.1) is 0 Å². The molecule has 2 aromatic rings. The molecule has 11 heteroatoms. The van der Waals surface area contributed by atoms with Gasteiger partial charge in [-0.05, 0) is 73.4 Å². The van der Waals surface area contributed by atoms with E-state index in [0.29, 0.717) is 17.9 Å². The summed E-state index contributed by atoms with van der Waals surface area (Å²) in [5.41, 5.74) is 0.929. The Kier molecular flexibility index (Phi) is 9.22. The highest BCUT2D eigenvalue weighted by Crippen LogP contribution is 2.60. The minimum atomic E-state index is -1.03. The zero-order valence-corrected chi connectivity index (χ0v) is 25.0. The molecule has 5 fully saturated rings. The largest absolute Gasteiger partial charge is 0.508 e. The van der Waals surface area contributed by atoms with E-state index in [1.807, 2.05) is 19.9 Å². The maximum absolute atomic E-state index is 12.1. The number of rotatable bonds is 6. The first-order valence-electron chi connectivity index (χ1n) is 15.0. The van der Waals surface area contributed by atoms with Crippen molar-refractivity contribution in [3.05, 3.63) is 53.6 Å². The van der Waals surface area contributed by atoms with Crippen molar-refractivity contribution in [2.75, 3.05) is 0 Å². The van der Waals surface area contributed by atoms with Crippen LogP contribution in [0.2, 0.25) is 0 Å². The lowest BCUT2D eigenvalue weighted by Gasteiger charge is -2.59. The number of phenols is 3. The van der Waals surface area contributed by atoms with Gasteiger partial charge in [-0.1, -0.05) is 38.1 Å². The molecule has 0 radical (unpaired) electrons. The smallest absolute Gasteiger partial charge is 0.308 e. The molecule has 1 aliphatic carbocycles. The first-order valence-corrected chi connectivity index (χ1v) is 15.0. The van der Waals surface area contributed by atoms with E-state index in [0.717, 1.165) is 24.8 Å². The van der Waals surface area contributed by atoms with Crippen LogP contribution in [0, 0.1) is 23.7 Å². The average molecular weight is 613 g/mol. The maximum Gasteiger partial charge on any atom is 0.308 e. The number of hydrogen-bond acceptors (Lipinski definition) is 10. The summed E-state index contributed by atoms with van der Waals surface area (Å²) < 4.78 is 17.8. The molecule has 44 heavy (non-hydrogen) atoms. The Labute approximate surface area is 255 Å². The molecule has 1 spiro atoms. The molecule has 11 nitrogen and oxygen atoms in total. The number of carboxylic acid groups (broad SMARTS) is 1. The molecule has 4 saturated heterocycles. The monoisotopic (exact) mass is 612 g/mol. The van der Waals surface area contributed by atoms with Crippen LogP contribution in [0.25, 0.3) is 12.2 Å². The number of esters is 1. The highest BCUT2D eigenvalue weighted by Gasteiger charge is 2.69. The molecule has 5 aliphatic rings. The molecule has 0 aromatic heterocycles. The van der Waals surface area contributed by atoms with E-state index < -0.39 is 35.9 Å². The predicted octanol–water partition coefficient (Wildman–Crippen LogP) is 5.58. The second-order valence-electron chi connectivity index (χ2n) is 12.4. The van der Waals surface area contributed by atoms with Gasteiger partial charge >= 0.3 is 11.9 Å². The fraction of sp³-hybridized carbons (Fsp3) is 0.515. The summed E-state index contributed by atoms with van der Waals surface area (Å²) in [4.78, 5) is 34.5. The van der Waals surface area contributed by atoms with E-state index in [1.54, 1.807) is 42.5 Å². The van der Waals surface area contributed by atoms with Crippen molar-refractivity contribution in [2.45, 2.75) is 83.3 Å². The Balaban J connectivity index is 0.000000195. The third kappa shape index (κ3) is 6.71. The highest BCUT2D eigenvalue weighted by atomic mass is 17.3. The van der Waals surface area contributed by atoms with Crippen LogP contribution in [0.5, 0.6) is 17.2 Å². The second-order valence-corrected chi connectivity index (χ2v) is 12.4. The molecule has 1 saturated carbocycles. The molecule has 8 atom stereocenters. The quantitative estimate of drug-likeness (QED) is 0.183. The van der Waals surface area contributed by atoms with Crippen LogP contribution in [-0.2, 0) is 33.6 Å². The van der Waals surface area contributed by atoms with E-state index in [1.165, 1.54) is 6.07 Å². The normalized spacial score (nSPS) is 33.9. The second kappa shape index (κ2) is 12.8. The Bertz CT molecular complexity index is 1350. The molecular weight excluding hydrogens is 572 g/mol. The average Bonchev–Trinajstić information content (AvgIpc) is 3.20. The summed E-state index contributed by atoms with van der Waals surface area (Å²) in [5.74, 6) is -1.56. The van der Waals surface area contributed by atoms with Gasteiger partial charge in [0.15, 0.2) is 11.9 Å². The van der Waals surface area contributed by atoms with Gasteiger partial charge in [-0.3, -0.25) is 9.59 Å². The van der Waals surface area contributed by atoms with Gasteiger partial charge in [0.25, 0.3) is 0 Å². The van der Waals surface area contributed by atoms with Gasteiger partial charge in [-0.2, -0.15) is 0 Å². The fourth-order valence-corrected chi connectivity index (χ4v) is 6.90. The minimum absolute atomic E-state index is 0.0235. The van der Waals surface area contributed by atoms with Crippen LogP contribution in [-0.4, -0.2) is 56.3 Å². The molecule has 238 valence electrons. The predicted molar refractivity (Wildman–Crippen MR) is 157 cm³/mol. The SMILES string of the molecule is C[C@H]1[C@@H](OC(=O)CCC(=O)O)O[C@@H]2O[C@@]3(C)CC[C@H]4[C@H](C)CC[C@@H]1[C@@]24OO3.Oc1ccc(/C=C/c2cc(O)cc(O)c2)cc1. The molecule has 4 aliphatic heterocycles. The van der Waals surface area contributed by atoms with Gasteiger partial charge < -0.3 is 34.6 Å². The van der Waals surface area contributed by atoms with E-state index in [2.05, 4.69) is 6.92 Å². The molecular formula is C33H40O11. The molecule has 4 heterocycles. The number of hydrogen-bond donors (Lipinski definition) is 4. The summed E-state index contributed by atoms with van der Waals surface area (Å²) in [6.45, 7) is 6.06. The summed E-state index contributed by atoms with van der Waals surface area (Å²) in [5, 5.41) is 36.5. The van der Waals surface area contributed by atoms with Crippen LogP contribution in [0.4, 0.5) is 0 Å². The number of aliphatic carboxylic acids is 1. The van der Waals surface area contributed by atoms with Crippen molar-refractivity contribution in [1.29, 1.82) is 0 Å². The molecule has 4 N–H and O–H groups in total. The molecule has 7 rings (SSSR count). The van der Waals surface area contributed by atoms with Crippen LogP contribution in [0.3, 0.4) is 0 Å². The van der Waals surface area contributed by atoms with Gasteiger partial charge in [-0.25, -0.2) is 9.78 Å². The Morgan fingerprint density at radius 1 is 0.886 bits per heavy atom. The Hall–Kier alpha value is -3.64. The first kappa shape index (κ1) is 31.8. The number of fused-ring (bicyclic) bond motifs is 2. The molecule has 2 aromatic carbocycles. The van der Waals surface area contributed by atoms with Crippen molar-refractivity contribution < 1.29 is 54.0 Å². The number of carbonyl (C=O) groups excluding carboxylic acids is 1. The number of carboxylic acids is 1. The molecule has 2 bridgehead atoms. The van der Waals surface area contributed by atoms with Gasteiger partial charge in [0.2, 0.25) is 12.1 Å². The van der Waals surface area contributed by atoms with Gasteiger partial charge in [0.05, 0.1) is 12.8 Å². The number of ether oxygens (including phenoxy) is 3. The third-order valence-corrected chi connectivity index (χ3v) is 9.17. The molecule has 0 unspecified atom stereocenters. The summed E-state index contributed by atoms with van der Waals surface area (Å²) >= 11 is 0. The van der Waals surface area contributed by atoms with Crippen molar-refractivity contribution in [1.82, 2.24) is 0 Å². The fourth-order valence-electron chi connectivity index (χ4n) is 6.90. The lowest BCUT2D eigenvalue weighted by Crippen LogP contribution is -2.70. The lowest BCUT2D eigenvalue weighted by atomic mass is 9.58. The molecule has 0 amide bonds. The van der Waals surface area contributed by atoms with Gasteiger partial charge in [0.1, 0.15) is 17.2 Å². The number of phenolic OH excluding ortho intramolecular Hbond substituents is 3. The van der Waals surface area contributed by atoms with Crippen LogP contribution < -0.4 is 0 Å². The highest BCUT2D eigenvalue weighted by molar-refractivity contribution is 5.76. The maximum atomic E-state index is 12.1. The van der Waals surface area contributed by atoms with E-state index in [4.69, 9.17) is 34.2 Å². The zero-order chi connectivity index (χ0) is 31.6. The van der Waals surface area contributed by atoms with Crippen LogP contribution in [0.1, 0.15) is 70.4 Å². The van der Waals surface area contributed by atoms with Gasteiger partial charge in [0, 0.05) is 24.3 Å². The number of benzene rings is 2. The van der Waals surface area contributed by atoms with Crippen LogP contribution >= 0.6 is 0 Å². The van der Waals surface area contributed by atoms with E-state index >= 15 is 0 Å². The summed E-state index contributed by atoms with van der Waals surface area (Å²) in [6, 6.07) is 11.1. The van der Waals surface area contributed by atoms with E-state index in [9.17, 15) is 19.8 Å². The topological polar surface area (TPSA) is 161 Å². The van der Waals surface area contributed by atoms with Crippen LogP contribution in [0.15, 0.2) is 42.5 Å². The van der Waals surface area contributed by atoms with Crippen molar-refractivity contribution in [2.24, 2.45) is 23.7 Å². The number of carbonyl (C=O) groups is 2. The Morgan fingerprint density at radius 2 is 1.57 bits per heavy atom. The van der Waals surface area contributed by atoms with Crippen molar-refractivity contribution in [3.63, 3.8) is 0 Å². The number of aromatic hydroxyl groups is 3. The van der Waals surface area contributed by atoms with E-state index in [-0.39, 0.29) is 47.8 Å². The summed E-state index contributed by atoms with van der Waals surface area (Å²) in [6.07, 6.45) is 5.32. The van der Waals surface area contributed by atoms with Crippen molar-refractivity contribution >= 4 is 24.1 Å². The minimum Gasteiger partial charge on any atom is -0.508 e. The van der Waals surface area contributed by atoms with Crippen molar-refractivity contribution in [3.8, 4) is 17.2 Å². The summed E-state index contributed by atoms with van der Waals surface area (Å²) in [7, 11) is 0. The zero-order valence-electron chi connectivity index (χ0n) is 25.0. The third-order valence-electron chi connectivity index (χ3n) is 9.17.